The van der Waals surface area contributed by atoms with Gasteiger partial charge in [0, 0.05) is 56.5 Å². The van der Waals surface area contributed by atoms with Crippen LogP contribution >= 0.6 is 0 Å². The van der Waals surface area contributed by atoms with Gasteiger partial charge in [-0.3, -0.25) is 9.59 Å². The van der Waals surface area contributed by atoms with E-state index in [9.17, 15) is 9.59 Å². The zero-order valence-corrected chi connectivity index (χ0v) is 19.0. The Balaban J connectivity index is 1.31. The van der Waals surface area contributed by atoms with E-state index in [-0.39, 0.29) is 17.9 Å². The van der Waals surface area contributed by atoms with E-state index in [0.29, 0.717) is 19.5 Å². The molecular formula is C25H31N5O2. The highest BCUT2D eigenvalue weighted by Gasteiger charge is 2.33. The molecule has 0 bridgehead atoms. The van der Waals surface area contributed by atoms with Crippen LogP contribution < -0.4 is 4.90 Å². The lowest BCUT2D eigenvalue weighted by Gasteiger charge is -2.36. The molecule has 1 aromatic carbocycles. The molecule has 1 aromatic heterocycles. The molecule has 0 spiro atoms. The van der Waals surface area contributed by atoms with Crippen molar-refractivity contribution in [2.75, 3.05) is 31.6 Å². The lowest BCUT2D eigenvalue weighted by molar-refractivity contribution is -0.135. The van der Waals surface area contributed by atoms with E-state index >= 15 is 0 Å². The predicted octanol–water partition coefficient (Wildman–Crippen LogP) is 3.27. The Bertz CT molecular complexity index is 1050. The number of carbonyl (C=O) groups is 2. The Labute approximate surface area is 189 Å². The van der Waals surface area contributed by atoms with Gasteiger partial charge in [0.05, 0.1) is 6.04 Å². The molecule has 7 heteroatoms. The zero-order valence-electron chi connectivity index (χ0n) is 19.0. The monoisotopic (exact) mass is 433 g/mol. The van der Waals surface area contributed by atoms with Crippen LogP contribution in [0.4, 0.5) is 5.82 Å². The van der Waals surface area contributed by atoms with Crippen molar-refractivity contribution in [3.63, 3.8) is 0 Å². The molecule has 0 unspecified atom stereocenters. The molecule has 2 aromatic rings. The summed E-state index contributed by atoms with van der Waals surface area (Å²) in [6.45, 7) is 4.83. The van der Waals surface area contributed by atoms with Crippen LogP contribution in [0.15, 0.2) is 24.3 Å². The third-order valence-electron chi connectivity index (χ3n) is 7.10. The molecule has 1 fully saturated rings. The van der Waals surface area contributed by atoms with Crippen molar-refractivity contribution >= 4 is 17.6 Å². The maximum atomic E-state index is 13.3. The van der Waals surface area contributed by atoms with E-state index in [1.807, 2.05) is 29.2 Å². The van der Waals surface area contributed by atoms with Crippen molar-refractivity contribution in [1.82, 2.24) is 19.8 Å². The van der Waals surface area contributed by atoms with Gasteiger partial charge in [0.15, 0.2) is 5.82 Å². The average Bonchev–Trinajstić information content (AvgIpc) is 3.14. The van der Waals surface area contributed by atoms with Gasteiger partial charge in [-0.2, -0.15) is 0 Å². The number of carbonyl (C=O) groups excluding carboxylic acids is 2. The number of aryl methyl sites for hydroxylation is 1. The highest BCUT2D eigenvalue weighted by atomic mass is 16.2. The molecule has 7 nitrogen and oxygen atoms in total. The second-order valence-electron chi connectivity index (χ2n) is 9.23. The summed E-state index contributed by atoms with van der Waals surface area (Å²) >= 11 is 0. The second kappa shape index (κ2) is 8.52. The summed E-state index contributed by atoms with van der Waals surface area (Å²) in [5, 5.41) is 0. The van der Waals surface area contributed by atoms with Crippen LogP contribution in [-0.4, -0.2) is 58.3 Å². The molecule has 0 aliphatic carbocycles. The van der Waals surface area contributed by atoms with Gasteiger partial charge in [-0.05, 0) is 50.7 Å². The third-order valence-corrected chi connectivity index (χ3v) is 7.10. The molecule has 5 rings (SSSR count). The fourth-order valence-electron chi connectivity index (χ4n) is 5.33. The molecule has 168 valence electrons. The summed E-state index contributed by atoms with van der Waals surface area (Å²) in [6.07, 6.45) is 5.44. The molecule has 1 saturated heterocycles. The molecule has 3 aliphatic heterocycles. The van der Waals surface area contributed by atoms with Crippen molar-refractivity contribution in [2.45, 2.75) is 58.0 Å². The van der Waals surface area contributed by atoms with Gasteiger partial charge in [-0.15, -0.1) is 0 Å². The normalized spacial score (nSPS) is 20.4. The standard InChI is InChI=1S/C25H31N5O2/c1-17-19-10-7-13-28(2)24(19)27-23(26-17)21-11-5-6-14-30(21)22(31)12-15-29-16-18-8-3-4-9-20(18)25(29)32/h3-4,8-9,21H,5-7,10-16H2,1-2H3/t21-/m1/s1. The predicted molar refractivity (Wildman–Crippen MR) is 122 cm³/mol. The molecule has 4 heterocycles. The van der Waals surface area contributed by atoms with E-state index in [4.69, 9.17) is 9.97 Å². The van der Waals surface area contributed by atoms with Crippen molar-refractivity contribution in [2.24, 2.45) is 0 Å². The zero-order chi connectivity index (χ0) is 22.2. The summed E-state index contributed by atoms with van der Waals surface area (Å²) in [4.78, 5) is 41.7. The Kier molecular flexibility index (Phi) is 5.57. The minimum absolute atomic E-state index is 0.0280. The number of hydrogen-bond acceptors (Lipinski definition) is 5. The fourth-order valence-corrected chi connectivity index (χ4v) is 5.33. The first-order valence-corrected chi connectivity index (χ1v) is 11.8. The highest BCUT2D eigenvalue weighted by Crippen LogP contribution is 2.33. The minimum Gasteiger partial charge on any atom is -0.359 e. The van der Waals surface area contributed by atoms with E-state index in [1.165, 1.54) is 5.56 Å². The van der Waals surface area contributed by atoms with Gasteiger partial charge < -0.3 is 14.7 Å². The fraction of sp³-hybridized carbons (Fsp3) is 0.520. The van der Waals surface area contributed by atoms with Crippen LogP contribution in [0.2, 0.25) is 0 Å². The Hall–Kier alpha value is -2.96. The Morgan fingerprint density at radius 1 is 1.12 bits per heavy atom. The number of aromatic nitrogens is 2. The highest BCUT2D eigenvalue weighted by molar-refractivity contribution is 5.98. The molecule has 2 amide bonds. The maximum Gasteiger partial charge on any atom is 0.254 e. The second-order valence-corrected chi connectivity index (χ2v) is 9.23. The van der Waals surface area contributed by atoms with E-state index in [1.54, 1.807) is 4.90 Å². The van der Waals surface area contributed by atoms with Crippen molar-refractivity contribution in [3.8, 4) is 0 Å². The van der Waals surface area contributed by atoms with Gasteiger partial charge in [0.1, 0.15) is 5.82 Å². The first-order chi connectivity index (χ1) is 15.5. The quantitative estimate of drug-likeness (QED) is 0.740. The van der Waals surface area contributed by atoms with Gasteiger partial charge in [0.2, 0.25) is 5.91 Å². The van der Waals surface area contributed by atoms with E-state index in [2.05, 4.69) is 18.9 Å². The van der Waals surface area contributed by atoms with Gasteiger partial charge in [-0.25, -0.2) is 9.97 Å². The van der Waals surface area contributed by atoms with Crippen LogP contribution in [-0.2, 0) is 17.8 Å². The number of fused-ring (bicyclic) bond motifs is 2. The van der Waals surface area contributed by atoms with Gasteiger partial charge in [0.25, 0.3) is 5.91 Å². The summed E-state index contributed by atoms with van der Waals surface area (Å²) < 4.78 is 0. The van der Waals surface area contributed by atoms with Crippen LogP contribution in [0.3, 0.4) is 0 Å². The first kappa shape index (κ1) is 20.9. The van der Waals surface area contributed by atoms with Crippen molar-refractivity contribution in [3.05, 3.63) is 52.5 Å². The lowest BCUT2D eigenvalue weighted by Crippen LogP contribution is -2.41. The van der Waals surface area contributed by atoms with Crippen molar-refractivity contribution in [1.29, 1.82) is 0 Å². The maximum absolute atomic E-state index is 13.3. The van der Waals surface area contributed by atoms with Gasteiger partial charge >= 0.3 is 0 Å². The molecule has 32 heavy (non-hydrogen) atoms. The molecule has 0 N–H and O–H groups in total. The molecule has 0 saturated carbocycles. The summed E-state index contributed by atoms with van der Waals surface area (Å²) in [5.41, 5.74) is 4.08. The summed E-state index contributed by atoms with van der Waals surface area (Å²) in [6, 6.07) is 7.62. The Morgan fingerprint density at radius 3 is 2.81 bits per heavy atom. The minimum atomic E-state index is -0.0814. The number of anilines is 1. The van der Waals surface area contributed by atoms with E-state index in [0.717, 1.165) is 73.7 Å². The molecule has 1 atom stereocenters. The lowest BCUT2D eigenvalue weighted by atomic mass is 9.99. The van der Waals surface area contributed by atoms with Gasteiger partial charge in [-0.1, -0.05) is 18.2 Å². The topological polar surface area (TPSA) is 69.6 Å². The SMILES string of the molecule is Cc1nc([C@H]2CCCCN2C(=O)CCN2Cc3ccccc3C2=O)nc2c1CCCN2C. The largest absolute Gasteiger partial charge is 0.359 e. The van der Waals surface area contributed by atoms with Crippen LogP contribution in [0.1, 0.15) is 71.1 Å². The van der Waals surface area contributed by atoms with E-state index < -0.39 is 0 Å². The number of likely N-dealkylation sites (tertiary alicyclic amines) is 1. The van der Waals surface area contributed by atoms with Crippen molar-refractivity contribution < 1.29 is 9.59 Å². The average molecular weight is 434 g/mol. The summed E-state index contributed by atoms with van der Waals surface area (Å²) in [7, 11) is 2.09. The van der Waals surface area contributed by atoms with Crippen LogP contribution in [0.25, 0.3) is 0 Å². The first-order valence-electron chi connectivity index (χ1n) is 11.8. The Morgan fingerprint density at radius 2 is 1.97 bits per heavy atom. The number of nitrogens with zero attached hydrogens (tertiary/aromatic N) is 5. The molecule has 3 aliphatic rings. The van der Waals surface area contributed by atoms with Crippen LogP contribution in [0, 0.1) is 6.92 Å². The third kappa shape index (κ3) is 3.74. The van der Waals surface area contributed by atoms with Crippen LogP contribution in [0.5, 0.6) is 0 Å². The number of amides is 2. The molecule has 0 radical (unpaired) electrons. The number of piperidine rings is 1. The smallest absolute Gasteiger partial charge is 0.254 e. The summed E-state index contributed by atoms with van der Waals surface area (Å²) in [5.74, 6) is 1.91. The number of benzene rings is 1. The molecular weight excluding hydrogens is 402 g/mol. The number of rotatable bonds is 4. The number of hydrogen-bond donors (Lipinski definition) is 0.